The van der Waals surface area contributed by atoms with Crippen molar-refractivity contribution in [2.75, 3.05) is 19.0 Å². The molecule has 9 nitrogen and oxygen atoms in total. The predicted octanol–water partition coefficient (Wildman–Crippen LogP) is 4.31. The van der Waals surface area contributed by atoms with Gasteiger partial charge in [0.25, 0.3) is 11.8 Å². The molecular weight excluding hydrogens is 444 g/mol. The molecule has 0 radical (unpaired) electrons. The summed E-state index contributed by atoms with van der Waals surface area (Å²) in [6, 6.07) is 7.11. The lowest BCUT2D eigenvalue weighted by atomic mass is 9.91. The molecule has 0 bridgehead atoms. The number of hydrogen-bond acceptors (Lipinski definition) is 6. The molecule has 0 saturated heterocycles. The minimum atomic E-state index is -0.307. The Bertz CT molecular complexity index is 1230. The van der Waals surface area contributed by atoms with E-state index in [2.05, 4.69) is 46.7 Å². The van der Waals surface area contributed by atoms with E-state index in [4.69, 9.17) is 4.74 Å². The lowest BCUT2D eigenvalue weighted by Crippen LogP contribution is -2.32. The number of carbonyl (C=O) groups is 2. The summed E-state index contributed by atoms with van der Waals surface area (Å²) in [6.07, 6.45) is 3.17. The molecule has 0 aliphatic rings. The van der Waals surface area contributed by atoms with E-state index in [0.29, 0.717) is 29.2 Å². The van der Waals surface area contributed by atoms with Gasteiger partial charge in [0, 0.05) is 23.2 Å². The van der Waals surface area contributed by atoms with Gasteiger partial charge in [0.15, 0.2) is 11.4 Å². The average molecular weight is 479 g/mol. The molecule has 186 valence electrons. The first kappa shape index (κ1) is 25.9. The van der Waals surface area contributed by atoms with Crippen LogP contribution in [0.4, 0.5) is 5.69 Å². The van der Waals surface area contributed by atoms with E-state index in [-0.39, 0.29) is 28.3 Å². The third kappa shape index (κ3) is 6.44. The number of pyridine rings is 1. The van der Waals surface area contributed by atoms with Gasteiger partial charge in [-0.2, -0.15) is 0 Å². The number of methoxy groups -OCH3 is 1. The molecule has 2 heterocycles. The Morgan fingerprint density at radius 2 is 1.77 bits per heavy atom. The molecule has 9 heteroatoms. The van der Waals surface area contributed by atoms with Crippen LogP contribution in [0.15, 0.2) is 36.7 Å². The van der Waals surface area contributed by atoms with Gasteiger partial charge in [-0.3, -0.25) is 14.6 Å². The van der Waals surface area contributed by atoms with Gasteiger partial charge in [-0.25, -0.2) is 4.68 Å². The summed E-state index contributed by atoms with van der Waals surface area (Å²) < 4.78 is 6.89. The normalized spacial score (nSPS) is 11.8. The van der Waals surface area contributed by atoms with Crippen molar-refractivity contribution in [1.29, 1.82) is 0 Å². The third-order valence-electron chi connectivity index (χ3n) is 5.33. The first-order valence-corrected chi connectivity index (χ1v) is 11.5. The van der Waals surface area contributed by atoms with E-state index in [9.17, 15) is 9.59 Å². The molecule has 1 aromatic carbocycles. The van der Waals surface area contributed by atoms with Gasteiger partial charge >= 0.3 is 0 Å². The number of nitrogens with zero attached hydrogens (tertiary/aromatic N) is 4. The Morgan fingerprint density at radius 3 is 2.40 bits per heavy atom. The molecule has 0 aliphatic carbocycles. The highest BCUT2D eigenvalue weighted by molar-refractivity contribution is 6.05. The number of nitrogens with one attached hydrogen (secondary N) is 2. The van der Waals surface area contributed by atoms with Crippen LogP contribution in [-0.2, 0) is 5.41 Å². The quantitative estimate of drug-likeness (QED) is 0.546. The summed E-state index contributed by atoms with van der Waals surface area (Å²) in [5, 5.41) is 13.9. The number of aryl methyl sites for hydroxylation is 1. The average Bonchev–Trinajstić information content (AvgIpc) is 3.26. The van der Waals surface area contributed by atoms with Crippen molar-refractivity contribution in [3.05, 3.63) is 59.2 Å². The van der Waals surface area contributed by atoms with Gasteiger partial charge in [0.05, 0.1) is 30.9 Å². The maximum absolute atomic E-state index is 13.1. The van der Waals surface area contributed by atoms with Crippen molar-refractivity contribution >= 4 is 17.5 Å². The van der Waals surface area contributed by atoms with Crippen molar-refractivity contribution in [1.82, 2.24) is 25.3 Å². The van der Waals surface area contributed by atoms with Crippen LogP contribution in [0.5, 0.6) is 5.75 Å². The lowest BCUT2D eigenvalue weighted by molar-refractivity contribution is 0.0933. The number of ether oxygens (including phenoxy) is 1. The predicted molar refractivity (Wildman–Crippen MR) is 135 cm³/mol. The zero-order valence-electron chi connectivity index (χ0n) is 21.7. The number of benzene rings is 1. The van der Waals surface area contributed by atoms with Crippen LogP contribution in [-0.4, -0.2) is 45.4 Å². The van der Waals surface area contributed by atoms with E-state index in [1.165, 1.54) is 11.8 Å². The van der Waals surface area contributed by atoms with E-state index >= 15 is 0 Å². The fourth-order valence-corrected chi connectivity index (χ4v) is 3.23. The largest absolute Gasteiger partial charge is 0.493 e. The number of aromatic nitrogens is 4. The summed E-state index contributed by atoms with van der Waals surface area (Å²) in [5.74, 6) is -0.128. The molecule has 35 heavy (non-hydrogen) atoms. The molecule has 2 N–H and O–H groups in total. The molecule has 0 saturated carbocycles. The molecule has 2 aromatic heterocycles. The Labute approximate surface area is 206 Å². The smallest absolute Gasteiger partial charge is 0.273 e. The summed E-state index contributed by atoms with van der Waals surface area (Å²) in [6.45, 7) is 14.7. The van der Waals surface area contributed by atoms with E-state index < -0.39 is 0 Å². The zero-order chi connectivity index (χ0) is 26.0. The molecule has 0 atom stereocenters. The Kier molecular flexibility index (Phi) is 7.28. The van der Waals surface area contributed by atoms with Gasteiger partial charge in [0.2, 0.25) is 0 Å². The molecule has 3 aromatic rings. The van der Waals surface area contributed by atoms with Crippen LogP contribution in [0.3, 0.4) is 0 Å². The monoisotopic (exact) mass is 478 g/mol. The zero-order valence-corrected chi connectivity index (χ0v) is 21.7. The van der Waals surface area contributed by atoms with Crippen LogP contribution < -0.4 is 15.4 Å². The second kappa shape index (κ2) is 9.85. The maximum Gasteiger partial charge on any atom is 0.273 e. The fourth-order valence-electron chi connectivity index (χ4n) is 3.23. The topological polar surface area (TPSA) is 111 Å². The van der Waals surface area contributed by atoms with Gasteiger partial charge in [-0.15, -0.1) is 5.10 Å². The number of hydrogen-bond donors (Lipinski definition) is 2. The Balaban J connectivity index is 1.85. The molecular formula is C26H34N6O3. The van der Waals surface area contributed by atoms with Crippen molar-refractivity contribution in [3.8, 4) is 11.4 Å². The van der Waals surface area contributed by atoms with Crippen LogP contribution >= 0.6 is 0 Å². The number of carbonyl (C=O) groups excluding carboxylic acids is 2. The maximum atomic E-state index is 13.1. The molecule has 0 spiro atoms. The molecule has 0 unspecified atom stereocenters. The van der Waals surface area contributed by atoms with Gasteiger partial charge < -0.3 is 15.4 Å². The van der Waals surface area contributed by atoms with Crippen molar-refractivity contribution in [3.63, 3.8) is 0 Å². The minimum Gasteiger partial charge on any atom is -0.493 e. The van der Waals surface area contributed by atoms with E-state index in [0.717, 1.165) is 11.3 Å². The molecule has 0 aliphatic heterocycles. The second-order valence-electron chi connectivity index (χ2n) is 10.8. The van der Waals surface area contributed by atoms with Gasteiger partial charge in [-0.05, 0) is 36.1 Å². The second-order valence-corrected chi connectivity index (χ2v) is 10.8. The van der Waals surface area contributed by atoms with Crippen LogP contribution in [0, 0.1) is 12.3 Å². The number of anilines is 1. The molecule has 2 amide bonds. The van der Waals surface area contributed by atoms with E-state index in [1.807, 2.05) is 39.8 Å². The molecule has 3 rings (SSSR count). The fraction of sp³-hybridized carbons (Fsp3) is 0.423. The summed E-state index contributed by atoms with van der Waals surface area (Å²) in [7, 11) is 1.54. The minimum absolute atomic E-state index is 0.0465. The highest BCUT2D eigenvalue weighted by atomic mass is 16.5. The van der Waals surface area contributed by atoms with Crippen molar-refractivity contribution < 1.29 is 14.3 Å². The van der Waals surface area contributed by atoms with Crippen molar-refractivity contribution in [2.24, 2.45) is 5.41 Å². The van der Waals surface area contributed by atoms with Crippen LogP contribution in [0.1, 0.15) is 73.6 Å². The van der Waals surface area contributed by atoms with Crippen molar-refractivity contribution in [2.45, 2.75) is 53.9 Å². The highest BCUT2D eigenvalue weighted by Gasteiger charge is 2.20. The first-order chi connectivity index (χ1) is 16.3. The number of rotatable bonds is 6. The Hall–Kier alpha value is -3.75. The summed E-state index contributed by atoms with van der Waals surface area (Å²) in [4.78, 5) is 30.0. The lowest BCUT2D eigenvalue weighted by Gasteiger charge is -2.20. The Morgan fingerprint density at radius 1 is 1.06 bits per heavy atom. The SMILES string of the molecule is COc1cnc(C(C)(C)C)cc1NC(=O)c1ccc(C)c(-n2cc(C(=O)NCC(C)(C)C)nn2)c1. The standard InChI is InChI=1S/C26H34N6O3/c1-16-9-10-17(23(33)29-18-12-22(26(5,6)7)27-13-21(18)35-8)11-20(16)32-14-19(30-31-32)24(34)28-15-25(2,3)4/h9-14H,15H2,1-8H3,(H,28,34)(H,27,29,33). The third-order valence-corrected chi connectivity index (χ3v) is 5.33. The van der Waals surface area contributed by atoms with Crippen LogP contribution in [0.25, 0.3) is 5.69 Å². The van der Waals surface area contributed by atoms with Gasteiger partial charge in [0.1, 0.15) is 0 Å². The van der Waals surface area contributed by atoms with Crippen LogP contribution in [0.2, 0.25) is 0 Å². The molecule has 0 fully saturated rings. The summed E-state index contributed by atoms with van der Waals surface area (Å²) in [5.41, 5.74) is 3.30. The number of amides is 2. The van der Waals surface area contributed by atoms with E-state index in [1.54, 1.807) is 24.5 Å². The van der Waals surface area contributed by atoms with Gasteiger partial charge in [-0.1, -0.05) is 52.8 Å². The first-order valence-electron chi connectivity index (χ1n) is 11.5. The summed E-state index contributed by atoms with van der Waals surface area (Å²) >= 11 is 0. The highest BCUT2D eigenvalue weighted by Crippen LogP contribution is 2.30.